The molecular formula is C29H29ClFN7O6S2. The van der Waals surface area contributed by atoms with E-state index in [0.717, 1.165) is 11.3 Å². The third-order valence-electron chi connectivity index (χ3n) is 8.00. The number of ether oxygens (including phenoxy) is 1. The van der Waals surface area contributed by atoms with Gasteiger partial charge >= 0.3 is 12.0 Å². The lowest BCUT2D eigenvalue weighted by Gasteiger charge is -2.38. The minimum Gasteiger partial charge on any atom is -0.466 e. The fraction of sp³-hybridized carbons (Fsp3) is 0.379. The summed E-state index contributed by atoms with van der Waals surface area (Å²) in [5.41, 5.74) is 1.29. The molecule has 2 unspecified atom stereocenters. The van der Waals surface area contributed by atoms with Crippen molar-refractivity contribution in [2.24, 2.45) is 4.99 Å². The summed E-state index contributed by atoms with van der Waals surface area (Å²) < 4.78 is 19.1. The average Bonchev–Trinajstić information content (AvgIpc) is 3.81. The third kappa shape index (κ3) is 6.15. The number of amides is 2. The standard InChI is InChI=1S/C29H29ClFN7O6S2/c1-14(39)23(40)24(41)20-13-46-28(34-20)38-11-16-10-36(6-7-37(16)29(38)43)12-19-21(27(42)44-2)22(17-4-3-15(31)9-18(17)30)35-25(33-19)26-32-5-8-45-26/h3-5,8-9,13,16,22-24,40-41H,6-7,10-12H2,1-2H3,(H,33,35)/t16-,22-,23?,24?/m0/s1. The largest absolute Gasteiger partial charge is 0.466 e. The molecule has 13 nitrogen and oxygen atoms in total. The first-order chi connectivity index (χ1) is 22.0. The van der Waals surface area contributed by atoms with Crippen LogP contribution in [0.4, 0.5) is 14.3 Å². The van der Waals surface area contributed by atoms with Crippen LogP contribution < -0.4 is 10.2 Å². The number of hydrogen-bond donors (Lipinski definition) is 3. The molecule has 242 valence electrons. The smallest absolute Gasteiger partial charge is 0.338 e. The number of ketones is 1. The number of Topliss-reactive ketones (excluding diaryl/α,β-unsaturated/α-hetero) is 1. The number of anilines is 1. The van der Waals surface area contributed by atoms with Gasteiger partial charge in [0.2, 0.25) is 0 Å². The van der Waals surface area contributed by atoms with Gasteiger partial charge in [-0.05, 0) is 19.1 Å². The van der Waals surface area contributed by atoms with Crippen molar-refractivity contribution in [1.29, 1.82) is 0 Å². The number of amidine groups is 1. The number of urea groups is 1. The second-order valence-corrected chi connectivity index (χ2v) is 13.1. The van der Waals surface area contributed by atoms with Gasteiger partial charge in [0.05, 0.1) is 31.0 Å². The van der Waals surface area contributed by atoms with Crippen LogP contribution in [-0.4, -0.2) is 106 Å². The van der Waals surface area contributed by atoms with Gasteiger partial charge in [-0.25, -0.2) is 23.9 Å². The van der Waals surface area contributed by atoms with Gasteiger partial charge in [-0.15, -0.1) is 22.7 Å². The normalized spacial score (nSPS) is 21.5. The molecule has 0 bridgehead atoms. The summed E-state index contributed by atoms with van der Waals surface area (Å²) in [6, 6.07) is 2.60. The van der Waals surface area contributed by atoms with E-state index in [9.17, 15) is 29.0 Å². The molecule has 0 saturated carbocycles. The number of carbonyl (C=O) groups excluding carboxylic acids is 3. The van der Waals surface area contributed by atoms with E-state index in [1.165, 1.54) is 53.8 Å². The molecule has 1 aromatic carbocycles. The van der Waals surface area contributed by atoms with Crippen molar-refractivity contribution < 1.29 is 33.7 Å². The Morgan fingerprint density at radius 2 is 2.04 bits per heavy atom. The molecule has 2 amide bonds. The fourth-order valence-electron chi connectivity index (χ4n) is 5.69. The molecule has 2 aromatic heterocycles. The van der Waals surface area contributed by atoms with E-state index in [0.29, 0.717) is 53.4 Å². The van der Waals surface area contributed by atoms with Gasteiger partial charge in [0.25, 0.3) is 0 Å². The predicted octanol–water partition coefficient (Wildman–Crippen LogP) is 2.52. The Morgan fingerprint density at radius 3 is 2.74 bits per heavy atom. The summed E-state index contributed by atoms with van der Waals surface area (Å²) in [7, 11) is 1.28. The molecule has 6 rings (SSSR count). The zero-order chi connectivity index (χ0) is 32.7. The van der Waals surface area contributed by atoms with Crippen molar-refractivity contribution >= 4 is 63.0 Å². The number of nitrogens with one attached hydrogen (secondary N) is 1. The highest BCUT2D eigenvalue weighted by atomic mass is 35.5. The lowest BCUT2D eigenvalue weighted by Crippen LogP contribution is -2.53. The van der Waals surface area contributed by atoms with Crippen LogP contribution in [-0.2, 0) is 14.3 Å². The van der Waals surface area contributed by atoms with Crippen LogP contribution in [0.3, 0.4) is 0 Å². The Labute approximate surface area is 275 Å². The topological polar surface area (TPSA) is 161 Å². The highest BCUT2D eigenvalue weighted by Crippen LogP contribution is 2.37. The van der Waals surface area contributed by atoms with Crippen LogP contribution in [0.15, 0.2) is 51.4 Å². The number of aliphatic imine (C=N–C) groups is 1. The minimum absolute atomic E-state index is 0.112. The number of nitrogens with zero attached hydrogens (tertiary/aromatic N) is 6. The number of thiazole rings is 2. The fourth-order valence-corrected chi connectivity index (χ4v) is 7.40. The van der Waals surface area contributed by atoms with Gasteiger partial charge in [-0.1, -0.05) is 17.7 Å². The van der Waals surface area contributed by atoms with Crippen LogP contribution in [0.25, 0.3) is 0 Å². The van der Waals surface area contributed by atoms with E-state index in [2.05, 4.69) is 20.2 Å². The molecule has 0 spiro atoms. The number of aliphatic hydroxyl groups is 2. The maximum Gasteiger partial charge on any atom is 0.338 e. The van der Waals surface area contributed by atoms with Gasteiger partial charge in [0.1, 0.15) is 24.1 Å². The summed E-state index contributed by atoms with van der Waals surface area (Å²) in [4.78, 5) is 57.0. The SMILES string of the molecule is COC(=O)C1=C(CN2CCN3C(=O)N(c4nc(C(O)C(O)C(C)=O)cs4)C[C@@H]3C2)NC(c2nccs2)=N[C@H]1c1ccc(F)cc1Cl. The van der Waals surface area contributed by atoms with Gasteiger partial charge < -0.3 is 25.2 Å². The lowest BCUT2D eigenvalue weighted by atomic mass is 9.95. The Balaban J connectivity index is 1.25. The number of aliphatic hydroxyl groups excluding tert-OH is 2. The molecule has 4 atom stereocenters. The first kappa shape index (κ1) is 32.2. The number of fused-ring (bicyclic) bond motifs is 1. The number of aromatic nitrogens is 2. The second-order valence-electron chi connectivity index (χ2n) is 10.9. The van der Waals surface area contributed by atoms with Crippen molar-refractivity contribution in [3.8, 4) is 0 Å². The summed E-state index contributed by atoms with van der Waals surface area (Å²) >= 11 is 8.96. The molecule has 0 aliphatic carbocycles. The van der Waals surface area contributed by atoms with Crippen LogP contribution in [0.2, 0.25) is 5.02 Å². The molecular weight excluding hydrogens is 661 g/mol. The van der Waals surface area contributed by atoms with Crippen LogP contribution in [0.1, 0.15) is 35.3 Å². The molecule has 3 N–H and O–H groups in total. The molecule has 2 saturated heterocycles. The van der Waals surface area contributed by atoms with E-state index in [-0.39, 0.29) is 34.9 Å². The molecule has 46 heavy (non-hydrogen) atoms. The molecule has 5 heterocycles. The molecule has 2 fully saturated rings. The van der Waals surface area contributed by atoms with Crippen molar-refractivity contribution in [3.05, 3.63) is 73.5 Å². The zero-order valence-electron chi connectivity index (χ0n) is 24.6. The van der Waals surface area contributed by atoms with E-state index in [1.807, 2.05) is 0 Å². The van der Waals surface area contributed by atoms with Crippen molar-refractivity contribution in [2.75, 3.05) is 44.7 Å². The van der Waals surface area contributed by atoms with Gasteiger partial charge in [-0.2, -0.15) is 0 Å². The summed E-state index contributed by atoms with van der Waals surface area (Å²) in [6.07, 6.45) is -1.46. The number of halogens is 2. The van der Waals surface area contributed by atoms with Crippen molar-refractivity contribution in [1.82, 2.24) is 25.1 Å². The average molecular weight is 690 g/mol. The van der Waals surface area contributed by atoms with Crippen LogP contribution in [0.5, 0.6) is 0 Å². The molecule has 3 aromatic rings. The van der Waals surface area contributed by atoms with Gasteiger partial charge in [0.15, 0.2) is 21.8 Å². The number of hydrogen-bond acceptors (Lipinski definition) is 13. The summed E-state index contributed by atoms with van der Waals surface area (Å²) in [6.45, 7) is 3.15. The predicted molar refractivity (Wildman–Crippen MR) is 168 cm³/mol. The summed E-state index contributed by atoms with van der Waals surface area (Å²) in [5.74, 6) is -1.30. The first-order valence-corrected chi connectivity index (χ1v) is 16.3. The number of esters is 1. The van der Waals surface area contributed by atoms with E-state index in [4.69, 9.17) is 21.3 Å². The molecule has 3 aliphatic heterocycles. The highest BCUT2D eigenvalue weighted by Gasteiger charge is 2.43. The van der Waals surface area contributed by atoms with E-state index >= 15 is 0 Å². The minimum atomic E-state index is -1.61. The monoisotopic (exact) mass is 689 g/mol. The van der Waals surface area contributed by atoms with Crippen LogP contribution >= 0.6 is 34.3 Å². The second kappa shape index (κ2) is 13.1. The van der Waals surface area contributed by atoms with Gasteiger partial charge in [-0.3, -0.25) is 19.6 Å². The maximum absolute atomic E-state index is 14.0. The Kier molecular flexibility index (Phi) is 9.18. The molecule has 3 aliphatic rings. The highest BCUT2D eigenvalue weighted by molar-refractivity contribution is 7.14. The van der Waals surface area contributed by atoms with Crippen LogP contribution in [0, 0.1) is 5.82 Å². The molecule has 17 heteroatoms. The number of rotatable bonds is 9. The van der Waals surface area contributed by atoms with E-state index in [1.54, 1.807) is 16.5 Å². The number of benzene rings is 1. The van der Waals surface area contributed by atoms with E-state index < -0.39 is 35.8 Å². The van der Waals surface area contributed by atoms with Crippen molar-refractivity contribution in [3.63, 3.8) is 0 Å². The Morgan fingerprint density at radius 1 is 1.24 bits per heavy atom. The summed E-state index contributed by atoms with van der Waals surface area (Å²) in [5, 5.41) is 27.9. The third-order valence-corrected chi connectivity index (χ3v) is 9.99. The molecule has 0 radical (unpaired) electrons. The van der Waals surface area contributed by atoms with Crippen molar-refractivity contribution in [2.45, 2.75) is 31.2 Å². The number of piperazine rings is 1. The van der Waals surface area contributed by atoms with Gasteiger partial charge in [0, 0.05) is 59.4 Å². The lowest BCUT2D eigenvalue weighted by molar-refractivity contribution is -0.136. The Hall–Kier alpha value is -3.80. The maximum atomic E-state index is 14.0. The first-order valence-electron chi connectivity index (χ1n) is 14.2. The number of methoxy groups -OCH3 is 1. The number of carbonyl (C=O) groups is 3. The zero-order valence-corrected chi connectivity index (χ0v) is 27.0. The quantitative estimate of drug-likeness (QED) is 0.285. The Bertz CT molecular complexity index is 1730.